The highest BCUT2D eigenvalue weighted by Gasteiger charge is 2.43. The Bertz CT molecular complexity index is 793. The highest BCUT2D eigenvalue weighted by molar-refractivity contribution is 5.97. The van der Waals surface area contributed by atoms with Crippen molar-refractivity contribution in [2.45, 2.75) is 66.0 Å². The number of fused-ring (bicyclic) bond motifs is 1. The highest BCUT2D eigenvalue weighted by Crippen LogP contribution is 2.38. The summed E-state index contributed by atoms with van der Waals surface area (Å²) in [6, 6.07) is -1.45. The molecule has 31 heavy (non-hydrogen) atoms. The van der Waals surface area contributed by atoms with Gasteiger partial charge in [-0.3, -0.25) is 19.4 Å². The molecule has 0 bridgehead atoms. The number of likely N-dealkylation sites (tertiary alicyclic amines) is 1. The van der Waals surface area contributed by atoms with E-state index in [2.05, 4.69) is 20.6 Å². The van der Waals surface area contributed by atoms with Crippen LogP contribution in [0.4, 0.5) is 0 Å². The maximum absolute atomic E-state index is 13.4. The quantitative estimate of drug-likeness (QED) is 0.720. The zero-order valence-electron chi connectivity index (χ0n) is 19.2. The zero-order valence-corrected chi connectivity index (χ0v) is 19.2. The van der Waals surface area contributed by atoms with Gasteiger partial charge in [-0.1, -0.05) is 41.0 Å². The standard InChI is InChI=1S/C23H35N5O3/c1-14(2)18(26-20(29)17-11-24-9-10-25-17)21(30)27-19(23(3,4)5)22(31)28-12-15-7-6-8-16(15)13-28/h9-11,14-16,18-19H,6-8,12-13H2,1-5H3,(H,26,29)(H,27,30)/t15-,16+,18-,19?/m1/s1. The van der Waals surface area contributed by atoms with E-state index in [9.17, 15) is 14.4 Å². The number of hydrogen-bond acceptors (Lipinski definition) is 5. The highest BCUT2D eigenvalue weighted by atomic mass is 16.2. The van der Waals surface area contributed by atoms with Crippen molar-refractivity contribution in [3.63, 3.8) is 0 Å². The third-order valence-electron chi connectivity index (χ3n) is 6.47. The number of nitrogens with zero attached hydrogens (tertiary/aromatic N) is 3. The Hall–Kier alpha value is -2.51. The van der Waals surface area contributed by atoms with Crippen LogP contribution in [0.2, 0.25) is 0 Å². The summed E-state index contributed by atoms with van der Waals surface area (Å²) in [5.41, 5.74) is -0.311. The number of amides is 3. The first-order chi connectivity index (χ1) is 14.6. The summed E-state index contributed by atoms with van der Waals surface area (Å²) in [5, 5.41) is 5.71. The van der Waals surface area contributed by atoms with Crippen LogP contribution in [-0.4, -0.2) is 57.8 Å². The maximum Gasteiger partial charge on any atom is 0.272 e. The molecule has 0 spiro atoms. The first kappa shape index (κ1) is 23.2. The van der Waals surface area contributed by atoms with E-state index in [-0.39, 0.29) is 23.4 Å². The second kappa shape index (κ2) is 9.32. The molecule has 1 aromatic heterocycles. The molecule has 8 heteroatoms. The zero-order chi connectivity index (χ0) is 22.8. The van der Waals surface area contributed by atoms with Gasteiger partial charge in [0.25, 0.3) is 5.91 Å². The molecule has 1 aliphatic heterocycles. The van der Waals surface area contributed by atoms with Gasteiger partial charge in [0.1, 0.15) is 17.8 Å². The summed E-state index contributed by atoms with van der Waals surface area (Å²) >= 11 is 0. The maximum atomic E-state index is 13.4. The van der Waals surface area contributed by atoms with Crippen molar-refractivity contribution < 1.29 is 14.4 Å². The first-order valence-corrected chi connectivity index (χ1v) is 11.2. The summed E-state index contributed by atoms with van der Waals surface area (Å²) in [4.78, 5) is 48.9. The number of hydrogen-bond donors (Lipinski definition) is 2. The molecule has 2 fully saturated rings. The Morgan fingerprint density at radius 2 is 1.71 bits per heavy atom. The fourth-order valence-electron chi connectivity index (χ4n) is 4.64. The average molecular weight is 430 g/mol. The van der Waals surface area contributed by atoms with Crippen LogP contribution in [0.1, 0.15) is 64.4 Å². The normalized spacial score (nSPS) is 22.7. The van der Waals surface area contributed by atoms with Crippen LogP contribution in [0.25, 0.3) is 0 Å². The Balaban J connectivity index is 1.71. The van der Waals surface area contributed by atoms with Gasteiger partial charge in [0.05, 0.1) is 6.20 Å². The van der Waals surface area contributed by atoms with E-state index >= 15 is 0 Å². The van der Waals surface area contributed by atoms with Gasteiger partial charge in [0.2, 0.25) is 11.8 Å². The average Bonchev–Trinajstić information content (AvgIpc) is 3.31. The summed E-state index contributed by atoms with van der Waals surface area (Å²) in [7, 11) is 0. The summed E-state index contributed by atoms with van der Waals surface area (Å²) in [5.74, 6) is 0.165. The molecule has 1 unspecified atom stereocenters. The lowest BCUT2D eigenvalue weighted by Crippen LogP contribution is -2.59. The van der Waals surface area contributed by atoms with E-state index in [0.29, 0.717) is 11.8 Å². The van der Waals surface area contributed by atoms with Crippen LogP contribution < -0.4 is 10.6 Å². The minimum absolute atomic E-state index is 0.0296. The molecule has 1 aliphatic carbocycles. The molecule has 4 atom stereocenters. The van der Waals surface area contributed by atoms with Gasteiger partial charge >= 0.3 is 0 Å². The van der Waals surface area contributed by atoms with Crippen LogP contribution in [0.3, 0.4) is 0 Å². The van der Waals surface area contributed by atoms with Gasteiger partial charge in [-0.15, -0.1) is 0 Å². The second-order valence-electron chi connectivity index (χ2n) is 10.3. The molecule has 170 valence electrons. The molecule has 0 aromatic carbocycles. The Morgan fingerprint density at radius 3 is 2.23 bits per heavy atom. The van der Waals surface area contributed by atoms with Gasteiger partial charge in [0.15, 0.2) is 0 Å². The number of rotatable bonds is 6. The van der Waals surface area contributed by atoms with E-state index < -0.39 is 23.4 Å². The molecule has 0 radical (unpaired) electrons. The van der Waals surface area contributed by atoms with Crippen LogP contribution in [0, 0.1) is 23.2 Å². The summed E-state index contributed by atoms with van der Waals surface area (Å²) in [6.07, 6.45) is 7.89. The molecule has 2 N–H and O–H groups in total. The Kier molecular flexibility index (Phi) is 6.96. The Morgan fingerprint density at radius 1 is 1.06 bits per heavy atom. The van der Waals surface area contributed by atoms with E-state index in [1.165, 1.54) is 37.9 Å². The summed E-state index contributed by atoms with van der Waals surface area (Å²) < 4.78 is 0. The van der Waals surface area contributed by atoms with Gasteiger partial charge in [-0.25, -0.2) is 4.98 Å². The number of nitrogens with one attached hydrogen (secondary N) is 2. The number of aromatic nitrogens is 2. The number of carbonyl (C=O) groups is 3. The van der Waals surface area contributed by atoms with Crippen molar-refractivity contribution in [3.8, 4) is 0 Å². The minimum Gasteiger partial charge on any atom is -0.342 e. The largest absolute Gasteiger partial charge is 0.342 e. The predicted molar refractivity (Wildman–Crippen MR) is 117 cm³/mol. The molecule has 1 saturated carbocycles. The topological polar surface area (TPSA) is 104 Å². The van der Waals surface area contributed by atoms with E-state index in [0.717, 1.165) is 13.1 Å². The third-order valence-corrected chi connectivity index (χ3v) is 6.47. The lowest BCUT2D eigenvalue weighted by Gasteiger charge is -2.35. The molecule has 3 rings (SSSR count). The fourth-order valence-corrected chi connectivity index (χ4v) is 4.64. The van der Waals surface area contributed by atoms with Gasteiger partial charge in [-0.05, 0) is 36.0 Å². The molecule has 2 heterocycles. The molecular weight excluding hydrogens is 394 g/mol. The van der Waals surface area contributed by atoms with Crippen molar-refractivity contribution in [3.05, 3.63) is 24.3 Å². The molecule has 2 aliphatic rings. The first-order valence-electron chi connectivity index (χ1n) is 11.2. The van der Waals surface area contributed by atoms with Gasteiger partial charge in [0, 0.05) is 25.5 Å². The molecule has 1 saturated heterocycles. The van der Waals surface area contributed by atoms with Crippen molar-refractivity contribution in [2.24, 2.45) is 23.2 Å². The third kappa shape index (κ3) is 5.40. The minimum atomic E-state index is -0.787. The van der Waals surface area contributed by atoms with Gasteiger partial charge < -0.3 is 15.5 Å². The van der Waals surface area contributed by atoms with Crippen LogP contribution in [-0.2, 0) is 9.59 Å². The van der Waals surface area contributed by atoms with E-state index in [1.807, 2.05) is 39.5 Å². The predicted octanol–water partition coefficient (Wildman–Crippen LogP) is 2.02. The van der Waals surface area contributed by atoms with E-state index in [1.54, 1.807) is 0 Å². The van der Waals surface area contributed by atoms with E-state index in [4.69, 9.17) is 0 Å². The monoisotopic (exact) mass is 429 g/mol. The fraction of sp³-hybridized carbons (Fsp3) is 0.696. The molecule has 3 amide bonds. The molecular formula is C23H35N5O3. The number of carbonyl (C=O) groups excluding carboxylic acids is 3. The van der Waals surface area contributed by atoms with Gasteiger partial charge in [-0.2, -0.15) is 0 Å². The molecule has 1 aromatic rings. The van der Waals surface area contributed by atoms with Crippen molar-refractivity contribution in [1.82, 2.24) is 25.5 Å². The smallest absolute Gasteiger partial charge is 0.272 e. The second-order valence-corrected chi connectivity index (χ2v) is 10.3. The van der Waals surface area contributed by atoms with Crippen molar-refractivity contribution in [2.75, 3.05) is 13.1 Å². The van der Waals surface area contributed by atoms with Crippen LogP contribution >= 0.6 is 0 Å². The van der Waals surface area contributed by atoms with Crippen LogP contribution in [0.15, 0.2) is 18.6 Å². The van der Waals surface area contributed by atoms with Crippen molar-refractivity contribution in [1.29, 1.82) is 0 Å². The molecule has 8 nitrogen and oxygen atoms in total. The Labute approximate surface area is 184 Å². The lowest BCUT2D eigenvalue weighted by molar-refractivity contribution is -0.139. The van der Waals surface area contributed by atoms with Crippen LogP contribution in [0.5, 0.6) is 0 Å². The SMILES string of the molecule is CC(C)[C@@H](NC(=O)c1cnccn1)C(=O)NC(C(=O)N1C[C@H]2CCC[C@H]2C1)C(C)(C)C. The summed E-state index contributed by atoms with van der Waals surface area (Å²) in [6.45, 7) is 11.1. The lowest BCUT2D eigenvalue weighted by atomic mass is 9.85. The van der Waals surface area contributed by atoms with Crippen molar-refractivity contribution >= 4 is 17.7 Å².